The first-order valence-corrected chi connectivity index (χ1v) is 11.9. The third-order valence-electron chi connectivity index (χ3n) is 6.92. The highest BCUT2D eigenvalue weighted by Crippen LogP contribution is 2.29. The van der Waals surface area contributed by atoms with Crippen molar-refractivity contribution in [1.29, 1.82) is 0 Å². The number of rotatable bonds is 8. The van der Waals surface area contributed by atoms with Crippen LogP contribution in [-0.4, -0.2) is 79.3 Å². The third kappa shape index (κ3) is 5.66. The van der Waals surface area contributed by atoms with Gasteiger partial charge in [0.2, 0.25) is 11.8 Å². The Hall–Kier alpha value is -3.05. The largest absolute Gasteiger partial charge is 0.347 e. The maximum atomic E-state index is 13.2. The van der Waals surface area contributed by atoms with Crippen molar-refractivity contribution in [2.24, 2.45) is 5.92 Å². The number of hydrogen-bond acceptors (Lipinski definition) is 7. The van der Waals surface area contributed by atoms with Gasteiger partial charge in [0, 0.05) is 12.5 Å². The minimum absolute atomic E-state index is 0.0218. The molecule has 2 aliphatic carbocycles. The van der Waals surface area contributed by atoms with Gasteiger partial charge in [-0.05, 0) is 31.6 Å². The smallest absolute Gasteiger partial charge is 0.327 e. The highest BCUT2D eigenvalue weighted by molar-refractivity contribution is 6.03. The number of hydrogen-bond donors (Lipinski definition) is 3. The summed E-state index contributed by atoms with van der Waals surface area (Å²) in [6.45, 7) is -0.128. The van der Waals surface area contributed by atoms with Crippen molar-refractivity contribution in [3.8, 4) is 0 Å². The van der Waals surface area contributed by atoms with E-state index in [1.807, 2.05) is 0 Å². The lowest BCUT2D eigenvalue weighted by atomic mass is 9.94. The van der Waals surface area contributed by atoms with E-state index < -0.39 is 23.9 Å². The van der Waals surface area contributed by atoms with Crippen LogP contribution < -0.4 is 10.6 Å². The molecule has 1 aromatic heterocycles. The Morgan fingerprint density at radius 2 is 1.73 bits per heavy atom. The predicted octanol–water partition coefficient (Wildman–Crippen LogP) is 0.478. The zero-order valence-corrected chi connectivity index (χ0v) is 18.8. The summed E-state index contributed by atoms with van der Waals surface area (Å²) in [7, 11) is 0. The molecule has 12 nitrogen and oxygen atoms in total. The molecule has 5 amide bonds. The molecule has 4 rings (SSSR count). The van der Waals surface area contributed by atoms with Gasteiger partial charge in [0.15, 0.2) is 5.82 Å². The molecular weight excluding hydrogens is 428 g/mol. The van der Waals surface area contributed by atoms with Crippen LogP contribution in [0.15, 0.2) is 0 Å². The van der Waals surface area contributed by atoms with Gasteiger partial charge in [0.1, 0.15) is 6.04 Å². The van der Waals surface area contributed by atoms with Crippen LogP contribution in [0.5, 0.6) is 0 Å². The summed E-state index contributed by atoms with van der Waals surface area (Å²) in [4.78, 5) is 54.1. The molecule has 12 heteroatoms. The van der Waals surface area contributed by atoms with Crippen molar-refractivity contribution in [2.75, 3.05) is 13.1 Å². The van der Waals surface area contributed by atoms with E-state index in [1.165, 1.54) is 0 Å². The molecule has 3 aliphatic rings. The summed E-state index contributed by atoms with van der Waals surface area (Å²) in [5.41, 5.74) is 0. The van der Waals surface area contributed by atoms with Crippen LogP contribution in [0.4, 0.5) is 4.79 Å². The Balaban J connectivity index is 1.39. The normalized spacial score (nSPS) is 22.1. The molecule has 33 heavy (non-hydrogen) atoms. The number of imide groups is 1. The van der Waals surface area contributed by atoms with Crippen molar-refractivity contribution in [3.63, 3.8) is 0 Å². The molecule has 1 aromatic rings. The third-order valence-corrected chi connectivity index (χ3v) is 6.92. The highest BCUT2D eigenvalue weighted by Gasteiger charge is 2.47. The van der Waals surface area contributed by atoms with E-state index in [0.717, 1.165) is 62.7 Å². The number of nitrogens with one attached hydrogen (secondary N) is 3. The van der Waals surface area contributed by atoms with Crippen molar-refractivity contribution in [3.05, 3.63) is 5.82 Å². The van der Waals surface area contributed by atoms with Gasteiger partial charge in [-0.1, -0.05) is 37.3 Å². The van der Waals surface area contributed by atoms with E-state index in [4.69, 9.17) is 0 Å². The Labute approximate surface area is 192 Å². The minimum atomic E-state index is -0.967. The predicted molar refractivity (Wildman–Crippen MR) is 115 cm³/mol. The fourth-order valence-corrected chi connectivity index (χ4v) is 5.15. The van der Waals surface area contributed by atoms with Crippen LogP contribution in [0.1, 0.15) is 70.0 Å². The van der Waals surface area contributed by atoms with Gasteiger partial charge in [-0.2, -0.15) is 5.21 Å². The van der Waals surface area contributed by atoms with Crippen molar-refractivity contribution >= 4 is 23.8 Å². The van der Waals surface area contributed by atoms with E-state index in [0.29, 0.717) is 18.2 Å². The lowest BCUT2D eigenvalue weighted by Crippen LogP contribution is -2.51. The number of amides is 5. The van der Waals surface area contributed by atoms with Crippen molar-refractivity contribution in [1.82, 2.24) is 41.1 Å². The first kappa shape index (κ1) is 23.1. The molecule has 1 aliphatic heterocycles. The number of aromatic nitrogens is 4. The van der Waals surface area contributed by atoms with Crippen LogP contribution in [0, 0.1) is 5.92 Å². The Morgan fingerprint density at radius 1 is 1.00 bits per heavy atom. The molecule has 0 bridgehead atoms. The van der Waals surface area contributed by atoms with E-state index >= 15 is 0 Å². The SMILES string of the molecule is O=C(CC1CCCC1)NCC(=O)N1C(=O)N(C2CCCCC2)CC1C(=O)NCc1nn[nH]n1. The average Bonchev–Trinajstić information content (AvgIpc) is 3.58. The second-order valence-corrected chi connectivity index (χ2v) is 9.18. The van der Waals surface area contributed by atoms with Crippen LogP contribution in [0.2, 0.25) is 0 Å². The second kappa shape index (κ2) is 10.7. The molecule has 1 saturated heterocycles. The summed E-state index contributed by atoms with van der Waals surface area (Å²) < 4.78 is 0. The molecular formula is C21H32N8O4. The van der Waals surface area contributed by atoms with Crippen molar-refractivity contribution < 1.29 is 19.2 Å². The van der Waals surface area contributed by atoms with Crippen LogP contribution >= 0.6 is 0 Å². The second-order valence-electron chi connectivity index (χ2n) is 9.18. The number of H-pyrrole nitrogens is 1. The summed E-state index contributed by atoms with van der Waals surface area (Å²) in [5.74, 6) is -0.563. The fraction of sp³-hybridized carbons (Fsp3) is 0.762. The maximum Gasteiger partial charge on any atom is 0.327 e. The minimum Gasteiger partial charge on any atom is -0.347 e. The Bertz CT molecular complexity index is 848. The number of carbonyl (C=O) groups excluding carboxylic acids is 4. The first-order chi connectivity index (χ1) is 16.0. The van der Waals surface area contributed by atoms with E-state index in [2.05, 4.69) is 31.3 Å². The number of nitrogens with zero attached hydrogens (tertiary/aromatic N) is 5. The molecule has 3 N–H and O–H groups in total. The van der Waals surface area contributed by atoms with Gasteiger partial charge >= 0.3 is 6.03 Å². The summed E-state index contributed by atoms with van der Waals surface area (Å²) in [6, 6.07) is -1.41. The summed E-state index contributed by atoms with van der Waals surface area (Å²) in [6.07, 6.45) is 9.63. The summed E-state index contributed by atoms with van der Waals surface area (Å²) in [5, 5.41) is 18.7. The van der Waals surface area contributed by atoms with Gasteiger partial charge in [0.05, 0.1) is 19.6 Å². The average molecular weight is 461 g/mol. The van der Waals surface area contributed by atoms with Crippen LogP contribution in [-0.2, 0) is 20.9 Å². The first-order valence-electron chi connectivity index (χ1n) is 11.9. The molecule has 0 radical (unpaired) electrons. The molecule has 180 valence electrons. The number of aromatic amines is 1. The summed E-state index contributed by atoms with van der Waals surface area (Å²) >= 11 is 0. The van der Waals surface area contributed by atoms with Gasteiger partial charge < -0.3 is 15.5 Å². The van der Waals surface area contributed by atoms with Crippen molar-refractivity contribution in [2.45, 2.75) is 82.8 Å². The molecule has 1 unspecified atom stereocenters. The van der Waals surface area contributed by atoms with Crippen LogP contribution in [0.3, 0.4) is 0 Å². The van der Waals surface area contributed by atoms with Gasteiger partial charge in [0.25, 0.3) is 5.91 Å². The lowest BCUT2D eigenvalue weighted by Gasteiger charge is -2.30. The molecule has 2 saturated carbocycles. The van der Waals surface area contributed by atoms with E-state index in [1.54, 1.807) is 4.90 Å². The fourth-order valence-electron chi connectivity index (χ4n) is 5.15. The zero-order chi connectivity index (χ0) is 23.2. The Kier molecular flexibility index (Phi) is 7.50. The molecule has 0 aromatic carbocycles. The highest BCUT2D eigenvalue weighted by atomic mass is 16.2. The topological polar surface area (TPSA) is 153 Å². The quantitative estimate of drug-likeness (QED) is 0.510. The van der Waals surface area contributed by atoms with Gasteiger partial charge in [-0.15, -0.1) is 10.2 Å². The van der Waals surface area contributed by atoms with E-state index in [-0.39, 0.29) is 31.6 Å². The number of urea groups is 1. The Morgan fingerprint density at radius 3 is 2.42 bits per heavy atom. The monoisotopic (exact) mass is 460 g/mol. The number of tetrazole rings is 1. The standard InChI is InChI=1S/C21H32N8O4/c30-18(10-14-6-4-5-7-14)22-12-19(31)29-16(20(32)23-11-17-24-26-27-25-17)13-28(21(29)33)15-8-2-1-3-9-15/h14-16H,1-13H2,(H,22,30)(H,23,32)(H,24,25,26,27). The maximum absolute atomic E-state index is 13.2. The molecule has 2 heterocycles. The zero-order valence-electron chi connectivity index (χ0n) is 18.8. The molecule has 1 atom stereocenters. The lowest BCUT2D eigenvalue weighted by molar-refractivity contribution is -0.136. The molecule has 0 spiro atoms. The number of carbonyl (C=O) groups is 4. The van der Waals surface area contributed by atoms with E-state index in [9.17, 15) is 19.2 Å². The van der Waals surface area contributed by atoms with Crippen LogP contribution in [0.25, 0.3) is 0 Å². The van der Waals surface area contributed by atoms with Gasteiger partial charge in [-0.3, -0.25) is 14.4 Å². The van der Waals surface area contributed by atoms with Gasteiger partial charge in [-0.25, -0.2) is 9.69 Å². The molecule has 3 fully saturated rings.